The fourth-order valence-corrected chi connectivity index (χ4v) is 5.52. The molecule has 5 nitrogen and oxygen atoms in total. The van der Waals surface area contributed by atoms with Crippen molar-refractivity contribution in [3.8, 4) is 10.4 Å². The quantitative estimate of drug-likeness (QED) is 0.677. The van der Waals surface area contributed by atoms with Crippen LogP contribution in [0.5, 0.6) is 0 Å². The lowest BCUT2D eigenvalue weighted by atomic mass is 10.2. The zero-order valence-electron chi connectivity index (χ0n) is 16.4. The monoisotopic (exact) mass is 393 g/mol. The first-order chi connectivity index (χ1) is 13.8. The molecule has 28 heavy (non-hydrogen) atoms. The van der Waals surface area contributed by atoms with Crippen LogP contribution in [0.25, 0.3) is 20.7 Å². The van der Waals surface area contributed by atoms with Crippen molar-refractivity contribution in [1.29, 1.82) is 0 Å². The highest BCUT2D eigenvalue weighted by Gasteiger charge is 2.31. The topological polar surface area (TPSA) is 35.5 Å². The molecule has 2 aromatic heterocycles. The Morgan fingerprint density at radius 3 is 2.64 bits per heavy atom. The van der Waals surface area contributed by atoms with Crippen LogP contribution in [0.2, 0.25) is 0 Å². The number of hydrogen-bond donors (Lipinski definition) is 0. The number of fused-ring (bicyclic) bond motifs is 1. The smallest absolute Gasteiger partial charge is 0.140 e. The fourth-order valence-electron chi connectivity index (χ4n) is 4.52. The number of likely N-dealkylation sites (N-methyl/N-ethyl adjacent to an activating group) is 1. The van der Waals surface area contributed by atoms with Crippen LogP contribution in [0.15, 0.2) is 42.7 Å². The molecule has 0 bridgehead atoms. The van der Waals surface area contributed by atoms with E-state index in [-0.39, 0.29) is 0 Å². The van der Waals surface area contributed by atoms with Gasteiger partial charge in [-0.3, -0.25) is 4.90 Å². The van der Waals surface area contributed by atoms with E-state index in [1.807, 2.05) is 0 Å². The summed E-state index contributed by atoms with van der Waals surface area (Å²) in [4.78, 5) is 19.3. The van der Waals surface area contributed by atoms with Gasteiger partial charge in [0.1, 0.15) is 17.0 Å². The van der Waals surface area contributed by atoms with Crippen LogP contribution in [0.1, 0.15) is 13.3 Å². The van der Waals surface area contributed by atoms with Gasteiger partial charge in [0.15, 0.2) is 0 Å². The number of rotatable bonds is 4. The number of piperazine rings is 1. The van der Waals surface area contributed by atoms with Crippen molar-refractivity contribution >= 4 is 27.4 Å². The van der Waals surface area contributed by atoms with E-state index in [9.17, 15) is 0 Å². The van der Waals surface area contributed by atoms with Gasteiger partial charge in [-0.1, -0.05) is 37.3 Å². The van der Waals surface area contributed by atoms with Gasteiger partial charge in [-0.05, 0) is 24.6 Å². The van der Waals surface area contributed by atoms with Crippen LogP contribution in [0.3, 0.4) is 0 Å². The average Bonchev–Trinajstić information content (AvgIpc) is 3.42. The van der Waals surface area contributed by atoms with Crippen molar-refractivity contribution in [1.82, 2.24) is 19.8 Å². The van der Waals surface area contributed by atoms with E-state index < -0.39 is 0 Å². The summed E-state index contributed by atoms with van der Waals surface area (Å²) in [7, 11) is 0. The summed E-state index contributed by atoms with van der Waals surface area (Å²) in [6, 6.07) is 13.5. The summed E-state index contributed by atoms with van der Waals surface area (Å²) in [5.41, 5.74) is 1.25. The minimum Gasteiger partial charge on any atom is -0.354 e. The SMILES string of the molecule is CCN1CCN(C2CCN(c3ncnc4sc(-c5ccccc5)cc34)C2)CC1. The summed E-state index contributed by atoms with van der Waals surface area (Å²) in [5, 5.41) is 1.20. The van der Waals surface area contributed by atoms with Crippen molar-refractivity contribution < 1.29 is 0 Å². The van der Waals surface area contributed by atoms with Gasteiger partial charge < -0.3 is 9.80 Å². The molecule has 2 aliphatic rings. The number of nitrogens with zero attached hydrogens (tertiary/aromatic N) is 5. The molecule has 5 rings (SSSR count). The lowest BCUT2D eigenvalue weighted by Gasteiger charge is -2.37. The van der Waals surface area contributed by atoms with Crippen LogP contribution in [-0.2, 0) is 0 Å². The predicted molar refractivity (Wildman–Crippen MR) is 117 cm³/mol. The Balaban J connectivity index is 1.36. The number of benzene rings is 1. The maximum Gasteiger partial charge on any atom is 0.140 e. The van der Waals surface area contributed by atoms with Crippen LogP contribution in [0, 0.1) is 0 Å². The van der Waals surface area contributed by atoms with Gasteiger partial charge in [-0.15, -0.1) is 11.3 Å². The lowest BCUT2D eigenvalue weighted by molar-refractivity contribution is 0.107. The highest BCUT2D eigenvalue weighted by Crippen LogP contribution is 2.37. The van der Waals surface area contributed by atoms with E-state index in [0.29, 0.717) is 6.04 Å². The Morgan fingerprint density at radius 1 is 1.04 bits per heavy atom. The van der Waals surface area contributed by atoms with Gasteiger partial charge in [-0.25, -0.2) is 9.97 Å². The third-order valence-corrected chi connectivity index (χ3v) is 7.29. The van der Waals surface area contributed by atoms with E-state index in [1.165, 1.54) is 55.0 Å². The van der Waals surface area contributed by atoms with E-state index in [1.54, 1.807) is 17.7 Å². The van der Waals surface area contributed by atoms with Crippen LogP contribution in [0.4, 0.5) is 5.82 Å². The molecule has 0 amide bonds. The van der Waals surface area contributed by atoms with Crippen molar-refractivity contribution in [2.24, 2.45) is 0 Å². The molecular weight excluding hydrogens is 366 g/mol. The minimum atomic E-state index is 0.649. The lowest BCUT2D eigenvalue weighted by Crippen LogP contribution is -2.50. The normalized spacial score (nSPS) is 21.6. The van der Waals surface area contributed by atoms with Crippen LogP contribution < -0.4 is 4.90 Å². The van der Waals surface area contributed by atoms with Crippen molar-refractivity contribution in [2.75, 3.05) is 50.7 Å². The minimum absolute atomic E-state index is 0.649. The van der Waals surface area contributed by atoms with E-state index in [0.717, 1.165) is 23.7 Å². The van der Waals surface area contributed by atoms with E-state index >= 15 is 0 Å². The van der Waals surface area contributed by atoms with E-state index in [4.69, 9.17) is 4.98 Å². The third kappa shape index (κ3) is 3.41. The van der Waals surface area contributed by atoms with Gasteiger partial charge in [0.25, 0.3) is 0 Å². The zero-order valence-corrected chi connectivity index (χ0v) is 17.2. The van der Waals surface area contributed by atoms with Crippen LogP contribution >= 0.6 is 11.3 Å². The van der Waals surface area contributed by atoms with Gasteiger partial charge in [-0.2, -0.15) is 0 Å². The second-order valence-corrected chi connectivity index (χ2v) is 8.78. The largest absolute Gasteiger partial charge is 0.354 e. The summed E-state index contributed by atoms with van der Waals surface area (Å²) < 4.78 is 0. The number of thiophene rings is 1. The molecule has 1 atom stereocenters. The van der Waals surface area contributed by atoms with Gasteiger partial charge >= 0.3 is 0 Å². The molecular formula is C22H27N5S. The van der Waals surface area contributed by atoms with Gasteiger partial charge in [0.2, 0.25) is 0 Å². The van der Waals surface area contributed by atoms with Crippen LogP contribution in [-0.4, -0.2) is 71.6 Å². The summed E-state index contributed by atoms with van der Waals surface area (Å²) in [6.07, 6.45) is 2.96. The van der Waals surface area contributed by atoms with E-state index in [2.05, 4.69) is 63.0 Å². The first-order valence-electron chi connectivity index (χ1n) is 10.3. The standard InChI is InChI=1S/C22H27N5S/c1-2-25-10-12-26(13-11-25)18-8-9-27(15-18)21-19-14-20(17-6-4-3-5-7-17)28-22(19)24-16-23-21/h3-7,14,16,18H,2,8-13,15H2,1H3. The zero-order chi connectivity index (χ0) is 18.9. The Morgan fingerprint density at radius 2 is 1.86 bits per heavy atom. The Hall–Kier alpha value is -2.02. The Labute approximate surface area is 170 Å². The molecule has 0 saturated carbocycles. The van der Waals surface area contributed by atoms with Crippen molar-refractivity contribution in [3.63, 3.8) is 0 Å². The Kier molecular flexibility index (Phi) is 5.01. The predicted octanol–water partition coefficient (Wildman–Crippen LogP) is 3.57. The molecule has 0 N–H and O–H groups in total. The molecule has 1 unspecified atom stereocenters. The second kappa shape index (κ2) is 7.78. The number of anilines is 1. The second-order valence-electron chi connectivity index (χ2n) is 7.75. The summed E-state index contributed by atoms with van der Waals surface area (Å²) in [6.45, 7) is 10.4. The molecule has 1 aromatic carbocycles. The fraction of sp³-hybridized carbons (Fsp3) is 0.455. The van der Waals surface area contributed by atoms with Gasteiger partial charge in [0.05, 0.1) is 5.39 Å². The molecule has 2 fully saturated rings. The first-order valence-corrected chi connectivity index (χ1v) is 11.1. The molecule has 0 aliphatic carbocycles. The third-order valence-electron chi connectivity index (χ3n) is 6.20. The van der Waals surface area contributed by atoms with Crippen molar-refractivity contribution in [2.45, 2.75) is 19.4 Å². The summed E-state index contributed by atoms with van der Waals surface area (Å²) >= 11 is 1.76. The molecule has 6 heteroatoms. The van der Waals surface area contributed by atoms with Crippen molar-refractivity contribution in [3.05, 3.63) is 42.7 Å². The highest BCUT2D eigenvalue weighted by molar-refractivity contribution is 7.21. The number of hydrogen-bond acceptors (Lipinski definition) is 6. The Bertz CT molecular complexity index is 933. The maximum absolute atomic E-state index is 4.70. The molecule has 146 valence electrons. The molecule has 0 spiro atoms. The average molecular weight is 394 g/mol. The first kappa shape index (κ1) is 18.0. The highest BCUT2D eigenvalue weighted by atomic mass is 32.1. The molecule has 2 saturated heterocycles. The van der Waals surface area contributed by atoms with Gasteiger partial charge in [0, 0.05) is 50.2 Å². The maximum atomic E-state index is 4.70. The molecule has 0 radical (unpaired) electrons. The number of aromatic nitrogens is 2. The molecule has 3 aromatic rings. The summed E-state index contributed by atoms with van der Waals surface area (Å²) in [5.74, 6) is 1.11. The molecule has 4 heterocycles. The molecule has 2 aliphatic heterocycles.